The Morgan fingerprint density at radius 3 is 2.71 bits per heavy atom. The number of aromatic nitrogens is 2. The van der Waals surface area contributed by atoms with Crippen LogP contribution in [-0.2, 0) is 7.05 Å². The van der Waals surface area contributed by atoms with Crippen LogP contribution in [0.25, 0.3) is 10.9 Å². The van der Waals surface area contributed by atoms with Crippen molar-refractivity contribution in [3.8, 4) is 5.75 Å². The van der Waals surface area contributed by atoms with Gasteiger partial charge in [0.15, 0.2) is 0 Å². The summed E-state index contributed by atoms with van der Waals surface area (Å²) in [6.45, 7) is 1.81. The molecule has 0 aliphatic heterocycles. The molecule has 7 nitrogen and oxygen atoms in total. The van der Waals surface area contributed by atoms with Crippen LogP contribution in [0.2, 0.25) is 5.02 Å². The van der Waals surface area contributed by atoms with Gasteiger partial charge < -0.3 is 15.0 Å². The average molecular weight is 401 g/mol. The summed E-state index contributed by atoms with van der Waals surface area (Å²) in [5.74, 6) is 1.03. The Kier molecular flexibility index (Phi) is 5.56. The third-order valence-electron chi connectivity index (χ3n) is 4.70. The van der Waals surface area contributed by atoms with Crippen molar-refractivity contribution in [2.24, 2.45) is 7.05 Å². The van der Waals surface area contributed by atoms with Crippen molar-refractivity contribution >= 4 is 34.2 Å². The molecule has 3 aromatic rings. The molecule has 3 rings (SSSR count). The summed E-state index contributed by atoms with van der Waals surface area (Å²) in [4.78, 5) is 31.5. The molecule has 0 radical (unpaired) electrons. The van der Waals surface area contributed by atoms with E-state index in [9.17, 15) is 9.59 Å². The second-order valence-electron chi connectivity index (χ2n) is 6.41. The SMILES string of the molecule is COc1ccccc1NC(=O)N(C)C(C)c1nc2ccc(Cl)cc2c(=O)n1C. The van der Waals surface area contributed by atoms with Gasteiger partial charge in [-0.1, -0.05) is 23.7 Å². The van der Waals surface area contributed by atoms with Gasteiger partial charge in [-0.2, -0.15) is 0 Å². The molecule has 0 aliphatic carbocycles. The minimum atomic E-state index is -0.451. The summed E-state index contributed by atoms with van der Waals surface area (Å²) in [7, 11) is 4.82. The molecule has 2 aromatic carbocycles. The standard InChI is InChI=1S/C20H21ClN4O3/c1-12(24(2)20(27)23-16-7-5-6-8-17(16)28-4)18-22-15-10-9-13(21)11-14(15)19(26)25(18)3/h5-12H,1-4H3,(H,23,27). The molecule has 1 atom stereocenters. The molecule has 0 aliphatic rings. The first-order valence-electron chi connectivity index (χ1n) is 8.66. The molecular weight excluding hydrogens is 380 g/mol. The average Bonchev–Trinajstić information content (AvgIpc) is 2.70. The molecule has 0 bridgehead atoms. The number of para-hydroxylation sites is 2. The predicted molar refractivity (Wildman–Crippen MR) is 110 cm³/mol. The highest BCUT2D eigenvalue weighted by molar-refractivity contribution is 6.31. The Morgan fingerprint density at radius 1 is 1.29 bits per heavy atom. The van der Waals surface area contributed by atoms with Crippen molar-refractivity contribution in [3.63, 3.8) is 0 Å². The third-order valence-corrected chi connectivity index (χ3v) is 4.93. The van der Waals surface area contributed by atoms with Crippen molar-refractivity contribution in [1.29, 1.82) is 0 Å². The lowest BCUT2D eigenvalue weighted by Gasteiger charge is -2.26. The van der Waals surface area contributed by atoms with Gasteiger partial charge >= 0.3 is 6.03 Å². The highest BCUT2D eigenvalue weighted by Crippen LogP contribution is 2.25. The van der Waals surface area contributed by atoms with Gasteiger partial charge in [-0.15, -0.1) is 0 Å². The molecule has 8 heteroatoms. The van der Waals surface area contributed by atoms with Crippen molar-refractivity contribution in [2.75, 3.05) is 19.5 Å². The molecule has 1 unspecified atom stereocenters. The number of benzene rings is 2. The maximum absolute atomic E-state index is 12.7. The molecule has 0 fully saturated rings. The number of fused-ring (bicyclic) bond motifs is 1. The molecule has 28 heavy (non-hydrogen) atoms. The molecule has 1 aromatic heterocycles. The van der Waals surface area contributed by atoms with Crippen LogP contribution in [0, 0.1) is 0 Å². The van der Waals surface area contributed by atoms with Crippen LogP contribution in [0.3, 0.4) is 0 Å². The van der Waals surface area contributed by atoms with E-state index in [4.69, 9.17) is 16.3 Å². The van der Waals surface area contributed by atoms with Gasteiger partial charge in [-0.25, -0.2) is 9.78 Å². The molecule has 0 saturated carbocycles. The highest BCUT2D eigenvalue weighted by atomic mass is 35.5. The molecule has 146 valence electrons. The molecule has 1 N–H and O–H groups in total. The molecule has 0 saturated heterocycles. The summed E-state index contributed by atoms with van der Waals surface area (Å²) in [5, 5.41) is 3.73. The summed E-state index contributed by atoms with van der Waals surface area (Å²) in [5.41, 5.74) is 0.879. The Labute approximate surface area is 167 Å². The number of nitrogens with one attached hydrogen (secondary N) is 1. The maximum Gasteiger partial charge on any atom is 0.322 e. The number of carbonyl (C=O) groups excluding carboxylic acids is 1. The van der Waals surface area contributed by atoms with E-state index in [1.165, 1.54) is 9.47 Å². The zero-order valence-electron chi connectivity index (χ0n) is 16.1. The second kappa shape index (κ2) is 7.90. The van der Waals surface area contributed by atoms with Crippen LogP contribution >= 0.6 is 11.6 Å². The van der Waals surface area contributed by atoms with E-state index in [1.54, 1.807) is 57.6 Å². The van der Waals surface area contributed by atoms with Gasteiger partial charge in [0.1, 0.15) is 11.6 Å². The number of halogens is 1. The van der Waals surface area contributed by atoms with Gasteiger partial charge in [-0.05, 0) is 37.3 Å². The van der Waals surface area contributed by atoms with Crippen LogP contribution in [0.4, 0.5) is 10.5 Å². The second-order valence-corrected chi connectivity index (χ2v) is 6.85. The number of hydrogen-bond donors (Lipinski definition) is 1. The van der Waals surface area contributed by atoms with E-state index in [0.29, 0.717) is 33.2 Å². The fourth-order valence-corrected chi connectivity index (χ4v) is 3.11. The van der Waals surface area contributed by atoms with E-state index >= 15 is 0 Å². The lowest BCUT2D eigenvalue weighted by atomic mass is 10.2. The van der Waals surface area contributed by atoms with E-state index in [0.717, 1.165) is 0 Å². The van der Waals surface area contributed by atoms with E-state index < -0.39 is 6.04 Å². The molecule has 1 heterocycles. The highest BCUT2D eigenvalue weighted by Gasteiger charge is 2.23. The minimum Gasteiger partial charge on any atom is -0.495 e. The predicted octanol–water partition coefficient (Wildman–Crippen LogP) is 3.82. The van der Waals surface area contributed by atoms with Crippen molar-refractivity contribution < 1.29 is 9.53 Å². The van der Waals surface area contributed by atoms with Crippen LogP contribution < -0.4 is 15.6 Å². The van der Waals surface area contributed by atoms with Crippen LogP contribution in [0.15, 0.2) is 47.3 Å². The van der Waals surface area contributed by atoms with Gasteiger partial charge in [0, 0.05) is 19.1 Å². The van der Waals surface area contributed by atoms with Crippen molar-refractivity contribution in [2.45, 2.75) is 13.0 Å². The fraction of sp³-hybridized carbons (Fsp3) is 0.250. The first kappa shape index (κ1) is 19.7. The monoisotopic (exact) mass is 400 g/mol. The fourth-order valence-electron chi connectivity index (χ4n) is 2.93. The Hall–Kier alpha value is -3.06. The number of anilines is 1. The summed E-state index contributed by atoms with van der Waals surface area (Å²) < 4.78 is 6.70. The quantitative estimate of drug-likeness (QED) is 0.722. The number of urea groups is 1. The normalized spacial score (nSPS) is 11.9. The summed E-state index contributed by atoms with van der Waals surface area (Å²) in [6, 6.07) is 11.3. The number of amides is 2. The van der Waals surface area contributed by atoms with Crippen molar-refractivity contribution in [3.05, 3.63) is 63.7 Å². The van der Waals surface area contributed by atoms with Crippen LogP contribution in [0.1, 0.15) is 18.8 Å². The van der Waals surface area contributed by atoms with E-state index in [1.807, 2.05) is 13.0 Å². The van der Waals surface area contributed by atoms with Gasteiger partial charge in [0.2, 0.25) is 0 Å². The zero-order chi connectivity index (χ0) is 20.4. The van der Waals surface area contributed by atoms with Gasteiger partial charge in [0.25, 0.3) is 5.56 Å². The molecular formula is C20H21ClN4O3. The number of methoxy groups -OCH3 is 1. The number of ether oxygens (including phenoxy) is 1. The number of hydrogen-bond acceptors (Lipinski definition) is 4. The van der Waals surface area contributed by atoms with Gasteiger partial charge in [-0.3, -0.25) is 9.36 Å². The third kappa shape index (κ3) is 3.66. The van der Waals surface area contributed by atoms with Crippen LogP contribution in [0.5, 0.6) is 5.75 Å². The number of carbonyl (C=O) groups is 1. The lowest BCUT2D eigenvalue weighted by molar-refractivity contribution is 0.205. The molecule has 2 amide bonds. The van der Waals surface area contributed by atoms with Crippen molar-refractivity contribution in [1.82, 2.24) is 14.5 Å². The Morgan fingerprint density at radius 2 is 2.00 bits per heavy atom. The smallest absolute Gasteiger partial charge is 0.322 e. The number of rotatable bonds is 4. The molecule has 0 spiro atoms. The van der Waals surface area contributed by atoms with E-state index in [2.05, 4.69) is 10.3 Å². The first-order valence-corrected chi connectivity index (χ1v) is 9.04. The Balaban J connectivity index is 1.91. The minimum absolute atomic E-state index is 0.215. The summed E-state index contributed by atoms with van der Waals surface area (Å²) in [6.07, 6.45) is 0. The van der Waals surface area contributed by atoms with Gasteiger partial charge in [0.05, 0.1) is 29.7 Å². The number of nitrogens with zero attached hydrogens (tertiary/aromatic N) is 3. The maximum atomic E-state index is 12.7. The van der Waals surface area contributed by atoms with Crippen LogP contribution in [-0.4, -0.2) is 34.6 Å². The topological polar surface area (TPSA) is 76.5 Å². The Bertz CT molecular complexity index is 1100. The van der Waals surface area contributed by atoms with E-state index in [-0.39, 0.29) is 11.6 Å². The summed E-state index contributed by atoms with van der Waals surface area (Å²) >= 11 is 5.99. The lowest BCUT2D eigenvalue weighted by Crippen LogP contribution is -2.37. The first-order chi connectivity index (χ1) is 13.3. The largest absolute Gasteiger partial charge is 0.495 e. The zero-order valence-corrected chi connectivity index (χ0v) is 16.8.